The Morgan fingerprint density at radius 1 is 1.38 bits per heavy atom. The maximum Gasteiger partial charge on any atom is 0.313 e. The number of carbonyl (C=O) groups excluding carboxylic acids is 2. The molecule has 0 aliphatic carbocycles. The monoisotopic (exact) mass is 190 g/mol. The highest BCUT2D eigenvalue weighted by atomic mass is 19.1. The second-order valence-corrected chi connectivity index (χ2v) is 3.29. The van der Waals surface area contributed by atoms with Gasteiger partial charge in [-0.15, -0.1) is 0 Å². The first-order valence-corrected chi connectivity index (χ1v) is 4.25. The number of rotatable bonds is 5. The van der Waals surface area contributed by atoms with E-state index in [1.165, 1.54) is 0 Å². The Labute approximate surface area is 77.3 Å². The van der Waals surface area contributed by atoms with Gasteiger partial charge in [-0.05, 0) is 20.3 Å². The van der Waals surface area contributed by atoms with Crippen LogP contribution in [0.1, 0.15) is 33.6 Å². The van der Waals surface area contributed by atoms with E-state index in [9.17, 15) is 14.0 Å². The molecule has 0 N–H and O–H groups in total. The highest BCUT2D eigenvalue weighted by Gasteiger charge is 2.28. The molecule has 0 fully saturated rings. The highest BCUT2D eigenvalue weighted by Crippen LogP contribution is 2.12. The number of hydrogen-bond donors (Lipinski definition) is 0. The summed E-state index contributed by atoms with van der Waals surface area (Å²) in [6.45, 7) is 4.37. The van der Waals surface area contributed by atoms with Crippen LogP contribution >= 0.6 is 0 Å². The van der Waals surface area contributed by atoms with Crippen molar-refractivity contribution < 1.29 is 18.7 Å². The van der Waals surface area contributed by atoms with Crippen LogP contribution in [-0.4, -0.2) is 24.0 Å². The molecule has 0 aromatic heterocycles. The van der Waals surface area contributed by atoms with Crippen LogP contribution in [0.4, 0.5) is 4.39 Å². The van der Waals surface area contributed by atoms with Gasteiger partial charge < -0.3 is 4.74 Å². The van der Waals surface area contributed by atoms with Crippen LogP contribution in [0.15, 0.2) is 0 Å². The van der Waals surface area contributed by atoms with E-state index in [0.29, 0.717) is 6.42 Å². The molecule has 3 nitrogen and oxygen atoms in total. The molecule has 0 bridgehead atoms. The molecule has 0 rings (SSSR count). The predicted octanol–water partition coefficient (Wildman–Crippen LogP) is 1.65. The van der Waals surface area contributed by atoms with E-state index in [0.717, 1.165) is 13.8 Å². The van der Waals surface area contributed by atoms with Gasteiger partial charge in [0.2, 0.25) is 0 Å². The number of Topliss-reactive ketones (excluding diaryl/α,β-unsaturated/α-hetero) is 1. The molecule has 0 unspecified atom stereocenters. The van der Waals surface area contributed by atoms with Crippen molar-refractivity contribution in [2.45, 2.75) is 39.3 Å². The number of hydrogen-bond acceptors (Lipinski definition) is 3. The molecule has 76 valence electrons. The van der Waals surface area contributed by atoms with Gasteiger partial charge in [-0.1, -0.05) is 6.92 Å². The van der Waals surface area contributed by atoms with E-state index in [2.05, 4.69) is 4.74 Å². The molecule has 0 aromatic carbocycles. The fourth-order valence-electron chi connectivity index (χ4n) is 0.608. The van der Waals surface area contributed by atoms with Crippen LogP contribution in [-0.2, 0) is 14.3 Å². The Bertz CT molecular complexity index is 194. The number of halogens is 1. The van der Waals surface area contributed by atoms with Crippen LogP contribution in [0.2, 0.25) is 0 Å². The minimum atomic E-state index is -1.95. The third-order valence-corrected chi connectivity index (χ3v) is 1.44. The molecule has 0 saturated carbocycles. The maximum atomic E-state index is 12.9. The van der Waals surface area contributed by atoms with Crippen LogP contribution in [0.3, 0.4) is 0 Å². The van der Waals surface area contributed by atoms with Crippen molar-refractivity contribution in [3.8, 4) is 0 Å². The molecular formula is C9H15FO3. The van der Waals surface area contributed by atoms with Gasteiger partial charge in [-0.2, -0.15) is 0 Å². The maximum absolute atomic E-state index is 12.9. The summed E-state index contributed by atoms with van der Waals surface area (Å²) in [5, 5.41) is 0. The molecule has 0 atom stereocenters. The SMILES string of the molecule is CCCOC(=O)CC(=O)C(C)(C)F. The zero-order chi connectivity index (χ0) is 10.5. The average molecular weight is 190 g/mol. The second-order valence-electron chi connectivity index (χ2n) is 3.29. The van der Waals surface area contributed by atoms with E-state index >= 15 is 0 Å². The van der Waals surface area contributed by atoms with Crippen molar-refractivity contribution in [2.24, 2.45) is 0 Å². The topological polar surface area (TPSA) is 43.4 Å². The van der Waals surface area contributed by atoms with Crippen molar-refractivity contribution in [1.29, 1.82) is 0 Å². The number of carbonyl (C=O) groups is 2. The van der Waals surface area contributed by atoms with Gasteiger partial charge in [0.05, 0.1) is 6.61 Å². The number of esters is 1. The van der Waals surface area contributed by atoms with E-state index in [1.54, 1.807) is 0 Å². The van der Waals surface area contributed by atoms with Crippen LogP contribution < -0.4 is 0 Å². The Morgan fingerprint density at radius 2 is 1.92 bits per heavy atom. The van der Waals surface area contributed by atoms with Gasteiger partial charge in [-0.3, -0.25) is 9.59 Å². The first-order chi connectivity index (χ1) is 5.88. The lowest BCUT2D eigenvalue weighted by Crippen LogP contribution is -2.28. The summed E-state index contributed by atoms with van der Waals surface area (Å²) in [6, 6.07) is 0. The summed E-state index contributed by atoms with van der Waals surface area (Å²) >= 11 is 0. The molecule has 0 saturated heterocycles. The first-order valence-electron chi connectivity index (χ1n) is 4.25. The minimum absolute atomic E-state index is 0.277. The highest BCUT2D eigenvalue weighted by molar-refractivity contribution is 5.99. The Kier molecular flexibility index (Phi) is 4.59. The summed E-state index contributed by atoms with van der Waals surface area (Å²) < 4.78 is 17.5. The molecule has 0 radical (unpaired) electrons. The second kappa shape index (κ2) is 4.94. The smallest absolute Gasteiger partial charge is 0.313 e. The van der Waals surface area contributed by atoms with Crippen LogP contribution in [0, 0.1) is 0 Å². The lowest BCUT2D eigenvalue weighted by atomic mass is 10.0. The lowest BCUT2D eigenvalue weighted by Gasteiger charge is -2.11. The van der Waals surface area contributed by atoms with E-state index in [1.807, 2.05) is 6.92 Å². The number of alkyl halides is 1. The zero-order valence-corrected chi connectivity index (χ0v) is 8.22. The lowest BCUT2D eigenvalue weighted by molar-refractivity contribution is -0.148. The molecule has 4 heteroatoms. The average Bonchev–Trinajstić information content (AvgIpc) is 1.99. The van der Waals surface area contributed by atoms with Crippen molar-refractivity contribution in [3.05, 3.63) is 0 Å². The Balaban J connectivity index is 3.86. The summed E-state index contributed by atoms with van der Waals surface area (Å²) in [4.78, 5) is 21.8. The molecular weight excluding hydrogens is 175 g/mol. The fourth-order valence-corrected chi connectivity index (χ4v) is 0.608. The number of ether oxygens (including phenoxy) is 1. The van der Waals surface area contributed by atoms with Gasteiger partial charge in [0, 0.05) is 0 Å². The summed E-state index contributed by atoms with van der Waals surface area (Å²) in [5.74, 6) is -1.40. The van der Waals surface area contributed by atoms with Gasteiger partial charge >= 0.3 is 5.97 Å². The molecule has 0 heterocycles. The standard InChI is InChI=1S/C9H15FO3/c1-4-5-13-8(12)6-7(11)9(2,3)10/h4-6H2,1-3H3. The largest absolute Gasteiger partial charge is 0.465 e. The fraction of sp³-hybridized carbons (Fsp3) is 0.778. The van der Waals surface area contributed by atoms with Crippen molar-refractivity contribution in [1.82, 2.24) is 0 Å². The molecule has 0 aliphatic heterocycles. The Morgan fingerprint density at radius 3 is 2.31 bits per heavy atom. The van der Waals surface area contributed by atoms with Gasteiger partial charge in [0.15, 0.2) is 11.5 Å². The quantitative estimate of drug-likeness (QED) is 0.489. The van der Waals surface area contributed by atoms with E-state index in [-0.39, 0.29) is 6.61 Å². The van der Waals surface area contributed by atoms with Crippen molar-refractivity contribution in [3.63, 3.8) is 0 Å². The summed E-state index contributed by atoms with van der Waals surface area (Å²) in [7, 11) is 0. The molecule has 0 amide bonds. The van der Waals surface area contributed by atoms with Gasteiger partial charge in [-0.25, -0.2) is 4.39 Å². The zero-order valence-electron chi connectivity index (χ0n) is 8.22. The van der Waals surface area contributed by atoms with E-state index in [4.69, 9.17) is 0 Å². The van der Waals surface area contributed by atoms with Crippen molar-refractivity contribution >= 4 is 11.8 Å². The molecule has 0 aromatic rings. The third-order valence-electron chi connectivity index (χ3n) is 1.44. The van der Waals surface area contributed by atoms with Crippen molar-refractivity contribution in [2.75, 3.05) is 6.61 Å². The summed E-state index contributed by atoms with van der Waals surface area (Å²) in [6.07, 6.45) is 0.211. The van der Waals surface area contributed by atoms with Gasteiger partial charge in [0.1, 0.15) is 6.42 Å². The molecule has 13 heavy (non-hydrogen) atoms. The van der Waals surface area contributed by atoms with E-state index < -0.39 is 23.8 Å². The minimum Gasteiger partial charge on any atom is -0.465 e. The van der Waals surface area contributed by atoms with Crippen LogP contribution in [0.25, 0.3) is 0 Å². The van der Waals surface area contributed by atoms with Gasteiger partial charge in [0.25, 0.3) is 0 Å². The predicted molar refractivity (Wildman–Crippen MR) is 46.1 cm³/mol. The molecule has 0 aliphatic rings. The summed E-state index contributed by atoms with van der Waals surface area (Å²) in [5.41, 5.74) is -1.95. The Hall–Kier alpha value is -0.930. The number of ketones is 1. The normalized spacial score (nSPS) is 11.1. The molecule has 0 spiro atoms. The van der Waals surface area contributed by atoms with Crippen LogP contribution in [0.5, 0.6) is 0 Å². The first kappa shape index (κ1) is 12.1. The third kappa shape index (κ3) is 5.33.